The van der Waals surface area contributed by atoms with Gasteiger partial charge in [-0.15, -0.1) is 11.8 Å². The first-order chi connectivity index (χ1) is 11.7. The third-order valence-corrected chi connectivity index (χ3v) is 5.20. The molecule has 0 aliphatic carbocycles. The maximum absolute atomic E-state index is 13.0. The zero-order chi connectivity index (χ0) is 16.5. The van der Waals surface area contributed by atoms with Crippen molar-refractivity contribution in [3.8, 4) is 5.75 Å². The Morgan fingerprint density at radius 3 is 3.00 bits per heavy atom. The minimum absolute atomic E-state index is 0.0200. The van der Waals surface area contributed by atoms with Crippen LogP contribution in [-0.2, 0) is 4.79 Å². The predicted octanol–water partition coefficient (Wildman–Crippen LogP) is 3.16. The lowest BCUT2D eigenvalue weighted by Crippen LogP contribution is -2.32. The molecule has 2 aliphatic heterocycles. The highest BCUT2D eigenvalue weighted by Crippen LogP contribution is 2.35. The molecular formula is C18H16N2O3S. The average Bonchev–Trinajstić information content (AvgIpc) is 2.83. The van der Waals surface area contributed by atoms with Crippen molar-refractivity contribution in [2.75, 3.05) is 29.1 Å². The van der Waals surface area contributed by atoms with Gasteiger partial charge in [-0.3, -0.25) is 9.59 Å². The summed E-state index contributed by atoms with van der Waals surface area (Å²) in [5.41, 5.74) is 2.12. The van der Waals surface area contributed by atoms with Crippen molar-refractivity contribution in [3.63, 3.8) is 0 Å². The number of rotatable bonds is 1. The van der Waals surface area contributed by atoms with Crippen LogP contribution in [0.2, 0.25) is 0 Å². The zero-order valence-corrected chi connectivity index (χ0v) is 13.8. The van der Waals surface area contributed by atoms with E-state index in [9.17, 15) is 9.59 Å². The van der Waals surface area contributed by atoms with Crippen LogP contribution in [0.4, 0.5) is 11.4 Å². The standard InChI is InChI=1S/C18H16N2O3S/c21-17-11-23-15-10-12(6-7-13(15)19-17)18(22)20-8-3-9-24-16-5-2-1-4-14(16)20/h1-2,4-7,10H,3,8-9,11H2,(H,19,21). The SMILES string of the molecule is O=C1COc2cc(C(=O)N3CCCSc4ccccc43)ccc2N1. The number of fused-ring (bicyclic) bond motifs is 2. The number of hydrogen-bond donors (Lipinski definition) is 1. The van der Waals surface area contributed by atoms with Gasteiger partial charge < -0.3 is 15.0 Å². The fraction of sp³-hybridized carbons (Fsp3) is 0.222. The second kappa shape index (κ2) is 6.20. The van der Waals surface area contributed by atoms with E-state index in [2.05, 4.69) is 11.4 Å². The van der Waals surface area contributed by atoms with E-state index in [4.69, 9.17) is 4.74 Å². The molecule has 0 atom stereocenters. The van der Waals surface area contributed by atoms with Gasteiger partial charge in [-0.2, -0.15) is 0 Å². The Morgan fingerprint density at radius 2 is 2.08 bits per heavy atom. The lowest BCUT2D eigenvalue weighted by molar-refractivity contribution is -0.118. The number of benzene rings is 2. The molecular weight excluding hydrogens is 324 g/mol. The number of para-hydroxylation sites is 1. The first-order valence-electron chi connectivity index (χ1n) is 7.83. The molecule has 0 unspecified atom stereocenters. The summed E-state index contributed by atoms with van der Waals surface area (Å²) < 4.78 is 5.42. The van der Waals surface area contributed by atoms with Gasteiger partial charge in [-0.25, -0.2) is 0 Å². The molecule has 122 valence electrons. The fourth-order valence-corrected chi connectivity index (χ4v) is 3.90. The molecule has 2 aromatic carbocycles. The average molecular weight is 340 g/mol. The van der Waals surface area contributed by atoms with Crippen LogP contribution in [0.1, 0.15) is 16.8 Å². The van der Waals surface area contributed by atoms with E-state index in [0.717, 1.165) is 22.8 Å². The Labute approximate surface area is 144 Å². The van der Waals surface area contributed by atoms with Crippen molar-refractivity contribution in [2.24, 2.45) is 0 Å². The molecule has 6 heteroatoms. The summed E-state index contributed by atoms with van der Waals surface area (Å²) in [7, 11) is 0. The van der Waals surface area contributed by atoms with Crippen molar-refractivity contribution in [1.29, 1.82) is 0 Å². The number of ether oxygens (including phenoxy) is 1. The second-order valence-corrected chi connectivity index (χ2v) is 6.81. The van der Waals surface area contributed by atoms with Gasteiger partial charge in [0.2, 0.25) is 0 Å². The van der Waals surface area contributed by atoms with Gasteiger partial charge in [-0.05, 0) is 42.5 Å². The van der Waals surface area contributed by atoms with Crippen molar-refractivity contribution in [3.05, 3.63) is 48.0 Å². The Kier molecular flexibility index (Phi) is 3.90. The Balaban J connectivity index is 1.68. The Morgan fingerprint density at radius 1 is 1.21 bits per heavy atom. The van der Waals surface area contributed by atoms with E-state index in [1.165, 1.54) is 0 Å². The lowest BCUT2D eigenvalue weighted by Gasteiger charge is -2.24. The molecule has 0 radical (unpaired) electrons. The fourth-order valence-electron chi connectivity index (χ4n) is 2.90. The van der Waals surface area contributed by atoms with E-state index in [-0.39, 0.29) is 18.4 Å². The normalized spacial score (nSPS) is 16.3. The van der Waals surface area contributed by atoms with E-state index >= 15 is 0 Å². The van der Waals surface area contributed by atoms with Crippen LogP contribution in [0.25, 0.3) is 0 Å². The van der Waals surface area contributed by atoms with Crippen molar-refractivity contribution < 1.29 is 14.3 Å². The van der Waals surface area contributed by atoms with E-state index < -0.39 is 0 Å². The number of nitrogens with one attached hydrogen (secondary N) is 1. The van der Waals surface area contributed by atoms with Crippen LogP contribution < -0.4 is 15.0 Å². The summed E-state index contributed by atoms with van der Waals surface area (Å²) in [5.74, 6) is 1.31. The van der Waals surface area contributed by atoms with Crippen LogP contribution in [0.5, 0.6) is 5.75 Å². The van der Waals surface area contributed by atoms with Crippen LogP contribution in [0.3, 0.4) is 0 Å². The van der Waals surface area contributed by atoms with Crippen molar-refractivity contribution in [2.45, 2.75) is 11.3 Å². The molecule has 0 spiro atoms. The van der Waals surface area contributed by atoms with Gasteiger partial charge in [-0.1, -0.05) is 12.1 Å². The molecule has 0 saturated carbocycles. The Hall–Kier alpha value is -2.47. The van der Waals surface area contributed by atoms with Gasteiger partial charge in [0, 0.05) is 17.0 Å². The number of carbonyl (C=O) groups excluding carboxylic acids is 2. The molecule has 2 aromatic rings. The molecule has 5 nitrogen and oxygen atoms in total. The quantitative estimate of drug-likeness (QED) is 0.866. The molecule has 24 heavy (non-hydrogen) atoms. The van der Waals surface area contributed by atoms with Gasteiger partial charge in [0.1, 0.15) is 5.75 Å². The number of anilines is 2. The van der Waals surface area contributed by atoms with E-state index in [0.29, 0.717) is 23.5 Å². The van der Waals surface area contributed by atoms with Gasteiger partial charge >= 0.3 is 0 Å². The third kappa shape index (κ3) is 2.73. The second-order valence-electron chi connectivity index (χ2n) is 5.67. The molecule has 2 aliphatic rings. The molecule has 0 aromatic heterocycles. The van der Waals surface area contributed by atoms with Crippen LogP contribution in [-0.4, -0.2) is 30.7 Å². The molecule has 0 saturated heterocycles. The number of nitrogens with zero attached hydrogens (tertiary/aromatic N) is 1. The first kappa shape index (κ1) is 15.1. The highest BCUT2D eigenvalue weighted by atomic mass is 32.2. The molecule has 2 amide bonds. The first-order valence-corrected chi connectivity index (χ1v) is 8.81. The largest absolute Gasteiger partial charge is 0.482 e. The van der Waals surface area contributed by atoms with Gasteiger partial charge in [0.25, 0.3) is 11.8 Å². The summed E-state index contributed by atoms with van der Waals surface area (Å²) >= 11 is 1.78. The predicted molar refractivity (Wildman–Crippen MR) is 94.0 cm³/mol. The summed E-state index contributed by atoms with van der Waals surface area (Å²) in [6.07, 6.45) is 0.947. The third-order valence-electron chi connectivity index (χ3n) is 4.05. The highest BCUT2D eigenvalue weighted by molar-refractivity contribution is 7.99. The monoisotopic (exact) mass is 340 g/mol. The van der Waals surface area contributed by atoms with E-state index in [1.54, 1.807) is 30.0 Å². The molecule has 0 bridgehead atoms. The maximum Gasteiger partial charge on any atom is 0.262 e. The number of carbonyl (C=O) groups is 2. The number of hydrogen-bond acceptors (Lipinski definition) is 4. The number of thioether (sulfide) groups is 1. The number of amides is 2. The van der Waals surface area contributed by atoms with Crippen molar-refractivity contribution in [1.82, 2.24) is 0 Å². The van der Waals surface area contributed by atoms with E-state index in [1.807, 2.05) is 23.1 Å². The molecule has 0 fully saturated rings. The highest BCUT2D eigenvalue weighted by Gasteiger charge is 2.24. The molecule has 2 heterocycles. The van der Waals surface area contributed by atoms with Crippen LogP contribution in [0, 0.1) is 0 Å². The maximum atomic E-state index is 13.0. The minimum Gasteiger partial charge on any atom is -0.482 e. The summed E-state index contributed by atoms with van der Waals surface area (Å²) in [6.45, 7) is 0.672. The smallest absolute Gasteiger partial charge is 0.262 e. The molecule has 1 N–H and O–H groups in total. The summed E-state index contributed by atoms with van der Waals surface area (Å²) in [6, 6.07) is 13.1. The molecule has 4 rings (SSSR count). The van der Waals surface area contributed by atoms with Gasteiger partial charge in [0.15, 0.2) is 6.61 Å². The van der Waals surface area contributed by atoms with Crippen LogP contribution >= 0.6 is 11.8 Å². The van der Waals surface area contributed by atoms with Crippen molar-refractivity contribution >= 4 is 35.0 Å². The topological polar surface area (TPSA) is 58.6 Å². The zero-order valence-electron chi connectivity index (χ0n) is 13.0. The van der Waals surface area contributed by atoms with Gasteiger partial charge in [0.05, 0.1) is 11.4 Å². The Bertz CT molecular complexity index is 822. The summed E-state index contributed by atoms with van der Waals surface area (Å²) in [5, 5.41) is 2.74. The minimum atomic E-state index is -0.181. The van der Waals surface area contributed by atoms with Crippen LogP contribution in [0.15, 0.2) is 47.4 Å². The lowest BCUT2D eigenvalue weighted by atomic mass is 10.1. The summed E-state index contributed by atoms with van der Waals surface area (Å²) in [4.78, 5) is 27.4.